The fraction of sp³-hybridized carbons (Fsp3) is 0.429. The van der Waals surface area contributed by atoms with Crippen LogP contribution in [-0.4, -0.2) is 23.3 Å². The molecule has 0 aliphatic carbocycles. The molecule has 4 nitrogen and oxygen atoms in total. The Hall–Kier alpha value is -1.20. The fourth-order valence-electron chi connectivity index (χ4n) is 1.44. The molecule has 0 spiro atoms. The molecule has 0 saturated heterocycles. The highest BCUT2D eigenvalue weighted by Crippen LogP contribution is 2.25. The van der Waals surface area contributed by atoms with Crippen LogP contribution in [0.25, 0.3) is 0 Å². The lowest BCUT2D eigenvalue weighted by atomic mass is 10.2. The van der Waals surface area contributed by atoms with Crippen molar-refractivity contribution >= 4 is 46.6 Å². The van der Waals surface area contributed by atoms with Gasteiger partial charge in [0.25, 0.3) is 0 Å². The zero-order chi connectivity index (χ0) is 15.0. The molecule has 0 aliphatic rings. The van der Waals surface area contributed by atoms with Crippen LogP contribution in [-0.2, 0) is 9.59 Å². The zero-order valence-corrected chi connectivity index (χ0v) is 13.2. The number of carbonyl (C=O) groups is 2. The second kappa shape index (κ2) is 8.87. The number of hydrogen-bond donors (Lipinski definition) is 2. The van der Waals surface area contributed by atoms with Gasteiger partial charge >= 0.3 is 0 Å². The predicted octanol–water partition coefficient (Wildman–Crippen LogP) is 3.77. The van der Waals surface area contributed by atoms with E-state index in [2.05, 4.69) is 17.6 Å². The van der Waals surface area contributed by atoms with Crippen LogP contribution in [0.2, 0.25) is 5.02 Å². The number of hydrogen-bond acceptors (Lipinski definition) is 3. The molecular weight excluding hydrogens is 296 g/mol. The summed E-state index contributed by atoms with van der Waals surface area (Å²) in [5.74, 6) is 1.18. The second-order valence-electron chi connectivity index (χ2n) is 4.20. The Bertz CT molecular complexity index is 480. The Morgan fingerprint density at radius 1 is 1.20 bits per heavy atom. The first kappa shape index (κ1) is 16.9. The number of benzene rings is 1. The summed E-state index contributed by atoms with van der Waals surface area (Å²) in [6, 6.07) is 5.03. The Morgan fingerprint density at radius 2 is 1.95 bits per heavy atom. The number of nitrogens with one attached hydrogen (secondary N) is 2. The molecule has 2 amide bonds. The molecule has 0 bridgehead atoms. The molecule has 0 aromatic heterocycles. The summed E-state index contributed by atoms with van der Waals surface area (Å²) < 4.78 is 0. The van der Waals surface area contributed by atoms with Gasteiger partial charge in [0.05, 0.1) is 16.5 Å². The lowest BCUT2D eigenvalue weighted by Gasteiger charge is -2.10. The molecule has 2 N–H and O–H groups in total. The number of thioether (sulfide) groups is 1. The third kappa shape index (κ3) is 5.84. The largest absolute Gasteiger partial charge is 0.326 e. The average molecular weight is 315 g/mol. The van der Waals surface area contributed by atoms with E-state index in [-0.39, 0.29) is 11.8 Å². The van der Waals surface area contributed by atoms with Gasteiger partial charge in [0.15, 0.2) is 0 Å². The predicted molar refractivity (Wildman–Crippen MR) is 86.6 cm³/mol. The first-order valence-corrected chi connectivity index (χ1v) is 8.07. The highest BCUT2D eigenvalue weighted by Gasteiger charge is 2.08. The molecule has 0 fully saturated rings. The quantitative estimate of drug-likeness (QED) is 0.753. The summed E-state index contributed by atoms with van der Waals surface area (Å²) in [7, 11) is 0. The molecule has 0 atom stereocenters. The van der Waals surface area contributed by atoms with Crippen molar-refractivity contribution in [3.63, 3.8) is 0 Å². The summed E-state index contributed by atoms with van der Waals surface area (Å²) in [5, 5.41) is 5.94. The van der Waals surface area contributed by atoms with E-state index in [1.54, 1.807) is 36.9 Å². The highest BCUT2D eigenvalue weighted by molar-refractivity contribution is 7.99. The topological polar surface area (TPSA) is 58.2 Å². The number of anilines is 2. The summed E-state index contributed by atoms with van der Waals surface area (Å²) in [5.41, 5.74) is 1.14. The van der Waals surface area contributed by atoms with E-state index < -0.39 is 0 Å². The van der Waals surface area contributed by atoms with Crippen LogP contribution < -0.4 is 10.6 Å². The minimum atomic E-state index is -0.0932. The van der Waals surface area contributed by atoms with Crippen LogP contribution in [0, 0.1) is 0 Å². The van der Waals surface area contributed by atoms with Crippen molar-refractivity contribution in [3.8, 4) is 0 Å². The summed E-state index contributed by atoms with van der Waals surface area (Å²) >= 11 is 7.62. The Morgan fingerprint density at radius 3 is 2.60 bits per heavy atom. The van der Waals surface area contributed by atoms with Gasteiger partial charge in [-0.1, -0.05) is 25.4 Å². The maximum atomic E-state index is 11.8. The van der Waals surface area contributed by atoms with E-state index >= 15 is 0 Å². The Kier molecular flexibility index (Phi) is 7.47. The van der Waals surface area contributed by atoms with E-state index in [4.69, 9.17) is 11.6 Å². The third-order valence-electron chi connectivity index (χ3n) is 2.43. The van der Waals surface area contributed by atoms with Crippen molar-refractivity contribution in [2.24, 2.45) is 0 Å². The number of rotatable bonds is 7. The van der Waals surface area contributed by atoms with Gasteiger partial charge in [-0.15, -0.1) is 0 Å². The van der Waals surface area contributed by atoms with Crippen LogP contribution in [0.3, 0.4) is 0 Å². The molecule has 0 aliphatic heterocycles. The molecule has 0 unspecified atom stereocenters. The monoisotopic (exact) mass is 314 g/mol. The third-order valence-corrected chi connectivity index (χ3v) is 3.92. The molecular formula is C14H19ClN2O2S. The molecule has 0 saturated carbocycles. The first-order valence-electron chi connectivity index (χ1n) is 6.53. The van der Waals surface area contributed by atoms with E-state index in [9.17, 15) is 9.59 Å². The summed E-state index contributed by atoms with van der Waals surface area (Å²) in [6.45, 7) is 3.85. The van der Waals surface area contributed by atoms with E-state index in [1.165, 1.54) is 0 Å². The molecule has 110 valence electrons. The van der Waals surface area contributed by atoms with E-state index in [0.717, 1.165) is 12.2 Å². The van der Waals surface area contributed by atoms with Gasteiger partial charge in [0, 0.05) is 12.1 Å². The smallest absolute Gasteiger partial charge is 0.234 e. The summed E-state index contributed by atoms with van der Waals surface area (Å²) in [4.78, 5) is 23.1. The summed E-state index contributed by atoms with van der Waals surface area (Å²) in [6.07, 6.45) is 1.44. The Balaban J connectivity index is 2.66. The van der Waals surface area contributed by atoms with Gasteiger partial charge in [-0.25, -0.2) is 0 Å². The maximum absolute atomic E-state index is 11.8. The zero-order valence-electron chi connectivity index (χ0n) is 11.7. The SMILES string of the molecule is CCCSCC(=O)Nc1cc(NC(=O)CC)ccc1Cl. The van der Waals surface area contributed by atoms with Gasteiger partial charge in [0.2, 0.25) is 11.8 Å². The average Bonchev–Trinajstić information content (AvgIpc) is 2.42. The van der Waals surface area contributed by atoms with Gasteiger partial charge in [-0.05, 0) is 30.4 Å². The highest BCUT2D eigenvalue weighted by atomic mass is 35.5. The van der Waals surface area contributed by atoms with Gasteiger partial charge in [-0.2, -0.15) is 11.8 Å². The van der Waals surface area contributed by atoms with Gasteiger partial charge in [-0.3, -0.25) is 9.59 Å². The maximum Gasteiger partial charge on any atom is 0.234 e. The van der Waals surface area contributed by atoms with Crippen molar-refractivity contribution in [3.05, 3.63) is 23.2 Å². The van der Waals surface area contributed by atoms with Crippen molar-refractivity contribution < 1.29 is 9.59 Å². The number of amides is 2. The van der Waals surface area contributed by atoms with Crippen molar-refractivity contribution in [1.82, 2.24) is 0 Å². The molecule has 0 heterocycles. The van der Waals surface area contributed by atoms with E-state index in [0.29, 0.717) is 28.6 Å². The first-order chi connectivity index (χ1) is 9.56. The minimum absolute atomic E-state index is 0.0805. The van der Waals surface area contributed by atoms with Crippen LogP contribution in [0.4, 0.5) is 11.4 Å². The molecule has 0 radical (unpaired) electrons. The van der Waals surface area contributed by atoms with Gasteiger partial charge in [0.1, 0.15) is 0 Å². The molecule has 1 rings (SSSR count). The van der Waals surface area contributed by atoms with E-state index in [1.807, 2.05) is 0 Å². The van der Waals surface area contributed by atoms with Crippen LogP contribution >= 0.6 is 23.4 Å². The Labute approximate surface area is 128 Å². The molecule has 1 aromatic rings. The molecule has 20 heavy (non-hydrogen) atoms. The van der Waals surface area contributed by atoms with Crippen molar-refractivity contribution in [1.29, 1.82) is 0 Å². The fourth-order valence-corrected chi connectivity index (χ4v) is 2.30. The standard InChI is InChI=1S/C14H19ClN2O2S/c1-3-7-20-9-14(19)17-12-8-10(5-6-11(12)15)16-13(18)4-2/h5-6,8H,3-4,7,9H2,1-2H3,(H,16,18)(H,17,19). The second-order valence-corrected chi connectivity index (χ2v) is 5.71. The normalized spacial score (nSPS) is 10.2. The number of halogens is 1. The molecule has 1 aromatic carbocycles. The van der Waals surface area contributed by atoms with Gasteiger partial charge < -0.3 is 10.6 Å². The van der Waals surface area contributed by atoms with Crippen LogP contribution in [0.15, 0.2) is 18.2 Å². The van der Waals surface area contributed by atoms with Crippen molar-refractivity contribution in [2.75, 3.05) is 22.1 Å². The van der Waals surface area contributed by atoms with Crippen LogP contribution in [0.5, 0.6) is 0 Å². The molecule has 6 heteroatoms. The lowest BCUT2D eigenvalue weighted by Crippen LogP contribution is -2.15. The van der Waals surface area contributed by atoms with Crippen molar-refractivity contribution in [2.45, 2.75) is 26.7 Å². The lowest BCUT2D eigenvalue weighted by molar-refractivity contribution is -0.116. The van der Waals surface area contributed by atoms with Crippen LogP contribution in [0.1, 0.15) is 26.7 Å². The minimum Gasteiger partial charge on any atom is -0.326 e. The number of carbonyl (C=O) groups excluding carboxylic acids is 2.